The number of fused-ring (bicyclic) bond motifs is 3. The van der Waals surface area contributed by atoms with E-state index in [4.69, 9.17) is 2.74 Å². The molecule has 197 valence electrons. The maximum absolute atomic E-state index is 8.22. The molecule has 0 saturated heterocycles. The predicted molar refractivity (Wildman–Crippen MR) is 160 cm³/mol. The van der Waals surface area contributed by atoms with Crippen LogP contribution in [-0.2, 0) is 20.1 Å². The molecular formula is C36H32IrN2-2. The van der Waals surface area contributed by atoms with Crippen molar-refractivity contribution in [1.82, 2.24) is 9.97 Å². The van der Waals surface area contributed by atoms with Gasteiger partial charge in [0.05, 0.1) is 0 Å². The van der Waals surface area contributed by atoms with Crippen molar-refractivity contribution in [2.75, 3.05) is 0 Å². The van der Waals surface area contributed by atoms with Gasteiger partial charge in [0.1, 0.15) is 0 Å². The summed E-state index contributed by atoms with van der Waals surface area (Å²) in [5.74, 6) is -1.22. The van der Waals surface area contributed by atoms with Crippen molar-refractivity contribution in [3.63, 3.8) is 0 Å². The van der Waals surface area contributed by atoms with Gasteiger partial charge in [-0.15, -0.1) is 65.0 Å². The molecule has 1 radical (unpaired) electrons. The van der Waals surface area contributed by atoms with Crippen LogP contribution >= 0.6 is 0 Å². The molecule has 0 atom stereocenters. The molecule has 0 aliphatic heterocycles. The zero-order valence-corrected chi connectivity index (χ0v) is 25.0. The SMILES string of the molecule is [2H]C(C)(C)c1ccnc(-c2[c-]cc3c(ccc4ccccc43)c2)c1.[2H]C(C)(C)c1ccnc(-c2[c-]cccc2)c1.[Ir]. The Labute approximate surface area is 248 Å². The van der Waals surface area contributed by atoms with E-state index in [2.05, 4.69) is 64.6 Å². The molecular weight excluding hydrogens is 653 g/mol. The number of nitrogens with zero attached hydrogens (tertiary/aromatic N) is 2. The van der Waals surface area contributed by atoms with E-state index in [1.807, 2.05) is 82.3 Å². The van der Waals surface area contributed by atoms with Gasteiger partial charge in [0.25, 0.3) is 0 Å². The maximum atomic E-state index is 8.22. The summed E-state index contributed by atoms with van der Waals surface area (Å²) in [7, 11) is 0. The summed E-state index contributed by atoms with van der Waals surface area (Å²) in [6.45, 7) is 7.53. The molecule has 2 nitrogen and oxygen atoms in total. The summed E-state index contributed by atoms with van der Waals surface area (Å²) in [5, 5.41) is 4.86. The molecule has 3 heteroatoms. The van der Waals surface area contributed by atoms with Gasteiger partial charge >= 0.3 is 0 Å². The summed E-state index contributed by atoms with van der Waals surface area (Å²) >= 11 is 0. The molecule has 0 fully saturated rings. The molecule has 0 N–H and O–H groups in total. The van der Waals surface area contributed by atoms with Crippen molar-refractivity contribution in [1.29, 1.82) is 0 Å². The van der Waals surface area contributed by atoms with Gasteiger partial charge in [0.15, 0.2) is 0 Å². The standard InChI is InChI=1S/C22H18N.C14H14N.Ir/c1-15(2)17-11-12-23-22(14-17)19-9-10-21-18(13-19)8-7-16-5-3-4-6-20(16)21;1-11(2)13-8-9-15-14(10-13)12-6-4-3-5-7-12;/h3-8,10-15H,1-2H3;3-6,8-11H,1-2H3;/q2*-1;/i15D;11D;. The van der Waals surface area contributed by atoms with Crippen molar-refractivity contribution in [2.45, 2.75) is 39.5 Å². The van der Waals surface area contributed by atoms with Crippen LogP contribution < -0.4 is 0 Å². The minimum absolute atomic E-state index is 0. The number of rotatable bonds is 4. The van der Waals surface area contributed by atoms with Crippen molar-refractivity contribution in [3.05, 3.63) is 133 Å². The Morgan fingerprint density at radius 1 is 0.615 bits per heavy atom. The minimum Gasteiger partial charge on any atom is -0.305 e. The van der Waals surface area contributed by atoms with Crippen LogP contribution in [0.25, 0.3) is 44.1 Å². The smallest absolute Gasteiger partial charge is 0.0346 e. The summed E-state index contributed by atoms with van der Waals surface area (Å²) in [4.78, 5) is 8.79. The zero-order chi connectivity index (χ0) is 28.3. The second-order valence-electron chi connectivity index (χ2n) is 9.77. The number of benzene rings is 4. The number of pyridine rings is 2. The molecule has 6 aromatic rings. The van der Waals surface area contributed by atoms with E-state index in [1.54, 1.807) is 12.4 Å². The molecule has 2 heterocycles. The largest absolute Gasteiger partial charge is 0.305 e. The van der Waals surface area contributed by atoms with Gasteiger partial charge in [-0.2, -0.15) is 0 Å². The molecule has 0 bridgehead atoms. The monoisotopic (exact) mass is 687 g/mol. The van der Waals surface area contributed by atoms with E-state index < -0.39 is 11.8 Å². The van der Waals surface area contributed by atoms with Crippen molar-refractivity contribution >= 4 is 21.5 Å². The molecule has 4 aromatic carbocycles. The Bertz CT molecular complexity index is 1770. The van der Waals surface area contributed by atoms with E-state index in [1.165, 1.54) is 21.5 Å². The first-order valence-corrected chi connectivity index (χ1v) is 12.8. The van der Waals surface area contributed by atoms with Crippen molar-refractivity contribution in [2.24, 2.45) is 0 Å². The third-order valence-electron chi connectivity index (χ3n) is 6.61. The third-order valence-corrected chi connectivity index (χ3v) is 6.61. The first-order valence-electron chi connectivity index (χ1n) is 13.8. The average molecular weight is 687 g/mol. The summed E-state index contributed by atoms with van der Waals surface area (Å²) in [5.41, 5.74) is 5.59. The van der Waals surface area contributed by atoms with E-state index in [0.29, 0.717) is 0 Å². The topological polar surface area (TPSA) is 25.8 Å². The summed E-state index contributed by atoms with van der Waals surface area (Å²) in [6, 6.07) is 38.9. The zero-order valence-electron chi connectivity index (χ0n) is 24.6. The molecule has 0 unspecified atom stereocenters. The average Bonchev–Trinajstić information content (AvgIpc) is 2.97. The second kappa shape index (κ2) is 12.9. The van der Waals surface area contributed by atoms with Crippen LogP contribution in [-0.4, -0.2) is 9.97 Å². The van der Waals surface area contributed by atoms with Gasteiger partial charge in [0.2, 0.25) is 0 Å². The van der Waals surface area contributed by atoms with E-state index >= 15 is 0 Å². The van der Waals surface area contributed by atoms with E-state index in [0.717, 1.165) is 33.6 Å². The van der Waals surface area contributed by atoms with Crippen LogP contribution in [0.15, 0.2) is 109 Å². The van der Waals surface area contributed by atoms with Crippen LogP contribution in [0.1, 0.15) is 53.4 Å². The summed E-state index contributed by atoms with van der Waals surface area (Å²) in [6.07, 6.45) is 3.53. The fraction of sp³-hybridized carbons (Fsp3) is 0.167. The first kappa shape index (κ1) is 25.6. The van der Waals surface area contributed by atoms with Gasteiger partial charge in [-0.05, 0) is 40.7 Å². The third kappa shape index (κ3) is 6.68. The molecule has 0 spiro atoms. The molecule has 6 rings (SSSR count). The Hall–Kier alpha value is -3.65. The predicted octanol–water partition coefficient (Wildman–Crippen LogP) is 9.65. The Morgan fingerprint density at radius 2 is 1.23 bits per heavy atom. The molecule has 0 aliphatic carbocycles. The van der Waals surface area contributed by atoms with Crippen molar-refractivity contribution in [3.8, 4) is 22.5 Å². The normalized spacial score (nSPS) is 12.1. The molecule has 0 amide bonds. The number of hydrogen-bond donors (Lipinski definition) is 0. The van der Waals surface area contributed by atoms with Gasteiger partial charge in [-0.3, -0.25) is 0 Å². The fourth-order valence-electron chi connectivity index (χ4n) is 4.42. The number of aromatic nitrogens is 2. The Morgan fingerprint density at radius 3 is 1.87 bits per heavy atom. The Kier molecular flexibility index (Phi) is 8.50. The van der Waals surface area contributed by atoms with E-state index in [-0.39, 0.29) is 20.1 Å². The fourth-order valence-corrected chi connectivity index (χ4v) is 4.42. The van der Waals surface area contributed by atoms with Crippen molar-refractivity contribution < 1.29 is 22.8 Å². The van der Waals surface area contributed by atoms with Gasteiger partial charge in [-0.25, -0.2) is 0 Å². The first-order chi connectivity index (χ1) is 19.1. The molecule has 2 aromatic heterocycles. The summed E-state index contributed by atoms with van der Waals surface area (Å²) < 4.78 is 16.2. The maximum Gasteiger partial charge on any atom is 0.0346 e. The quantitative estimate of drug-likeness (QED) is 0.136. The Balaban J connectivity index is 0.000000200. The number of hydrogen-bond acceptors (Lipinski definition) is 2. The van der Waals surface area contributed by atoms with Gasteiger partial charge in [-0.1, -0.05) is 98.1 Å². The molecule has 0 aliphatic rings. The van der Waals surface area contributed by atoms with Crippen LogP contribution in [0.3, 0.4) is 0 Å². The van der Waals surface area contributed by atoms with E-state index in [9.17, 15) is 0 Å². The minimum atomic E-state index is -0.634. The van der Waals surface area contributed by atoms with Crippen LogP contribution in [0, 0.1) is 12.1 Å². The van der Waals surface area contributed by atoms with Gasteiger partial charge < -0.3 is 9.97 Å². The molecule has 39 heavy (non-hydrogen) atoms. The van der Waals surface area contributed by atoms with Crippen LogP contribution in [0.2, 0.25) is 0 Å². The van der Waals surface area contributed by atoms with Gasteiger partial charge in [0, 0.05) is 35.2 Å². The second-order valence-corrected chi connectivity index (χ2v) is 9.77. The van der Waals surface area contributed by atoms with Crippen LogP contribution in [0.4, 0.5) is 0 Å². The van der Waals surface area contributed by atoms with Crippen LogP contribution in [0.5, 0.6) is 0 Å². The molecule has 0 saturated carbocycles.